The SMILES string of the molecule is CCCCCC(=O)O.CCNCC.CCO. The van der Waals surface area contributed by atoms with Gasteiger partial charge in [-0.2, -0.15) is 0 Å². The molecule has 0 aliphatic rings. The largest absolute Gasteiger partial charge is 0.481 e. The molecule has 0 aromatic heterocycles. The van der Waals surface area contributed by atoms with Crippen LogP contribution in [0.5, 0.6) is 0 Å². The zero-order valence-corrected chi connectivity index (χ0v) is 11.3. The number of carbonyl (C=O) groups is 1. The molecular formula is C12H29NO3. The van der Waals surface area contributed by atoms with Crippen molar-refractivity contribution in [3.05, 3.63) is 0 Å². The minimum Gasteiger partial charge on any atom is -0.481 e. The number of aliphatic hydroxyl groups excluding tert-OH is 1. The molecule has 0 radical (unpaired) electrons. The lowest BCUT2D eigenvalue weighted by Crippen LogP contribution is -2.09. The van der Waals surface area contributed by atoms with Crippen LogP contribution in [0.3, 0.4) is 0 Å². The van der Waals surface area contributed by atoms with Gasteiger partial charge in [-0.15, -0.1) is 0 Å². The summed E-state index contributed by atoms with van der Waals surface area (Å²) < 4.78 is 0. The van der Waals surface area contributed by atoms with E-state index in [2.05, 4.69) is 26.1 Å². The predicted molar refractivity (Wildman–Crippen MR) is 68.8 cm³/mol. The Bertz CT molecular complexity index is 117. The molecule has 0 saturated carbocycles. The van der Waals surface area contributed by atoms with Gasteiger partial charge in [0.15, 0.2) is 0 Å². The summed E-state index contributed by atoms with van der Waals surface area (Å²) in [6, 6.07) is 0. The van der Waals surface area contributed by atoms with Crippen molar-refractivity contribution in [1.29, 1.82) is 0 Å². The summed E-state index contributed by atoms with van der Waals surface area (Å²) in [6.45, 7) is 10.4. The number of aliphatic hydroxyl groups is 1. The summed E-state index contributed by atoms with van der Waals surface area (Å²) in [5.41, 5.74) is 0. The Labute approximate surface area is 100 Å². The predicted octanol–water partition coefficient (Wildman–Crippen LogP) is 2.27. The van der Waals surface area contributed by atoms with Gasteiger partial charge in [-0.25, -0.2) is 0 Å². The molecule has 0 unspecified atom stereocenters. The van der Waals surface area contributed by atoms with E-state index in [9.17, 15) is 4.79 Å². The highest BCUT2D eigenvalue weighted by Crippen LogP contribution is 1.97. The summed E-state index contributed by atoms with van der Waals surface area (Å²) in [5, 5.41) is 18.8. The lowest BCUT2D eigenvalue weighted by atomic mass is 10.2. The number of carboxylic acid groups (broad SMARTS) is 1. The Hall–Kier alpha value is -0.610. The number of nitrogens with one attached hydrogen (secondary N) is 1. The van der Waals surface area contributed by atoms with Crippen LogP contribution in [0.1, 0.15) is 53.4 Å². The van der Waals surface area contributed by atoms with Crippen molar-refractivity contribution in [2.75, 3.05) is 19.7 Å². The molecule has 0 aliphatic heterocycles. The van der Waals surface area contributed by atoms with Crippen LogP contribution in [-0.4, -0.2) is 35.9 Å². The van der Waals surface area contributed by atoms with Crippen LogP contribution in [-0.2, 0) is 4.79 Å². The number of aliphatic carboxylic acids is 1. The average molecular weight is 235 g/mol. The Morgan fingerprint density at radius 3 is 1.69 bits per heavy atom. The first kappa shape index (κ1) is 20.8. The molecule has 0 atom stereocenters. The zero-order valence-electron chi connectivity index (χ0n) is 11.3. The average Bonchev–Trinajstić information content (AvgIpc) is 2.21. The van der Waals surface area contributed by atoms with Gasteiger partial charge in [-0.1, -0.05) is 33.6 Å². The number of rotatable bonds is 6. The summed E-state index contributed by atoms with van der Waals surface area (Å²) in [4.78, 5) is 9.87. The highest BCUT2D eigenvalue weighted by molar-refractivity contribution is 5.66. The van der Waals surface area contributed by atoms with E-state index < -0.39 is 5.97 Å². The number of hydrogen-bond donors (Lipinski definition) is 3. The summed E-state index contributed by atoms with van der Waals surface area (Å²) >= 11 is 0. The topological polar surface area (TPSA) is 69.6 Å². The van der Waals surface area contributed by atoms with E-state index in [1.165, 1.54) is 0 Å². The lowest BCUT2D eigenvalue weighted by Gasteiger charge is -1.89. The standard InChI is InChI=1S/C6H12O2.C4H11N.C2H6O/c1-2-3-4-5-6(7)8;1-3-5-4-2;1-2-3/h2-5H2,1H3,(H,7,8);5H,3-4H2,1-2H3;3H,2H2,1H3. The summed E-state index contributed by atoms with van der Waals surface area (Å²) in [7, 11) is 0. The van der Waals surface area contributed by atoms with Crippen LogP contribution in [0.4, 0.5) is 0 Å². The van der Waals surface area contributed by atoms with Gasteiger partial charge in [0.25, 0.3) is 0 Å². The fourth-order valence-corrected chi connectivity index (χ4v) is 0.776. The minimum absolute atomic E-state index is 0.250. The van der Waals surface area contributed by atoms with Gasteiger partial charge in [0.1, 0.15) is 0 Å². The van der Waals surface area contributed by atoms with Crippen LogP contribution in [0, 0.1) is 0 Å². The second kappa shape index (κ2) is 23.9. The molecule has 16 heavy (non-hydrogen) atoms. The molecule has 4 heteroatoms. The molecule has 0 aromatic carbocycles. The first-order chi connectivity index (χ1) is 7.60. The van der Waals surface area contributed by atoms with Crippen molar-refractivity contribution in [2.45, 2.75) is 53.4 Å². The second-order valence-corrected chi connectivity index (χ2v) is 3.12. The van der Waals surface area contributed by atoms with E-state index in [-0.39, 0.29) is 6.61 Å². The third-order valence-corrected chi connectivity index (χ3v) is 1.49. The number of hydrogen-bond acceptors (Lipinski definition) is 3. The summed E-state index contributed by atoms with van der Waals surface area (Å²) in [6.07, 6.45) is 3.28. The van der Waals surface area contributed by atoms with Gasteiger partial charge in [0.05, 0.1) is 0 Å². The number of carboxylic acids is 1. The first-order valence-electron chi connectivity index (χ1n) is 6.13. The second-order valence-electron chi connectivity index (χ2n) is 3.12. The monoisotopic (exact) mass is 235 g/mol. The Kier molecular flexibility index (Phi) is 31.0. The van der Waals surface area contributed by atoms with Crippen LogP contribution in [0.2, 0.25) is 0 Å². The van der Waals surface area contributed by atoms with Crippen molar-refractivity contribution in [2.24, 2.45) is 0 Å². The molecule has 0 heterocycles. The molecule has 0 saturated heterocycles. The van der Waals surface area contributed by atoms with Gasteiger partial charge in [-0.3, -0.25) is 4.79 Å². The third-order valence-electron chi connectivity index (χ3n) is 1.49. The molecular weight excluding hydrogens is 206 g/mol. The normalized spacial score (nSPS) is 8.31. The van der Waals surface area contributed by atoms with Crippen molar-refractivity contribution in [3.63, 3.8) is 0 Å². The minimum atomic E-state index is -0.682. The van der Waals surface area contributed by atoms with Crippen molar-refractivity contribution in [3.8, 4) is 0 Å². The maximum absolute atomic E-state index is 9.87. The fourth-order valence-electron chi connectivity index (χ4n) is 0.776. The third kappa shape index (κ3) is 50.3. The van der Waals surface area contributed by atoms with Crippen molar-refractivity contribution >= 4 is 5.97 Å². The van der Waals surface area contributed by atoms with E-state index in [1.807, 2.05) is 0 Å². The van der Waals surface area contributed by atoms with Crippen LogP contribution >= 0.6 is 0 Å². The van der Waals surface area contributed by atoms with E-state index in [1.54, 1.807) is 6.92 Å². The smallest absolute Gasteiger partial charge is 0.303 e. The molecule has 4 nitrogen and oxygen atoms in total. The van der Waals surface area contributed by atoms with Crippen LogP contribution in [0.15, 0.2) is 0 Å². The van der Waals surface area contributed by atoms with Crippen LogP contribution in [0.25, 0.3) is 0 Å². The maximum Gasteiger partial charge on any atom is 0.303 e. The molecule has 0 spiro atoms. The molecule has 0 aromatic rings. The van der Waals surface area contributed by atoms with Gasteiger partial charge < -0.3 is 15.5 Å². The number of unbranched alkanes of at least 4 members (excludes halogenated alkanes) is 2. The molecule has 0 fully saturated rings. The van der Waals surface area contributed by atoms with Crippen LogP contribution < -0.4 is 5.32 Å². The van der Waals surface area contributed by atoms with Crippen molar-refractivity contribution in [1.82, 2.24) is 5.32 Å². The van der Waals surface area contributed by atoms with Gasteiger partial charge in [0, 0.05) is 13.0 Å². The zero-order chi connectivity index (χ0) is 13.2. The van der Waals surface area contributed by atoms with Crippen molar-refractivity contribution < 1.29 is 15.0 Å². The Morgan fingerprint density at radius 1 is 1.06 bits per heavy atom. The highest BCUT2D eigenvalue weighted by atomic mass is 16.4. The van der Waals surface area contributed by atoms with Gasteiger partial charge in [0.2, 0.25) is 0 Å². The lowest BCUT2D eigenvalue weighted by molar-refractivity contribution is -0.137. The molecule has 100 valence electrons. The fraction of sp³-hybridized carbons (Fsp3) is 0.917. The molecule has 0 bridgehead atoms. The Morgan fingerprint density at radius 2 is 1.50 bits per heavy atom. The van der Waals surface area contributed by atoms with E-state index >= 15 is 0 Å². The van der Waals surface area contributed by atoms with E-state index in [4.69, 9.17) is 10.2 Å². The van der Waals surface area contributed by atoms with Gasteiger partial charge in [-0.05, 0) is 26.4 Å². The molecule has 0 amide bonds. The van der Waals surface area contributed by atoms with E-state index in [0.29, 0.717) is 6.42 Å². The summed E-state index contributed by atoms with van der Waals surface area (Å²) in [5.74, 6) is -0.682. The van der Waals surface area contributed by atoms with Gasteiger partial charge >= 0.3 is 5.97 Å². The Balaban J connectivity index is -0.000000181. The quantitative estimate of drug-likeness (QED) is 0.618. The maximum atomic E-state index is 9.87. The molecule has 0 aliphatic carbocycles. The molecule has 3 N–H and O–H groups in total. The van der Waals surface area contributed by atoms with E-state index in [0.717, 1.165) is 32.4 Å². The molecule has 0 rings (SSSR count). The highest BCUT2D eigenvalue weighted by Gasteiger charge is 1.92. The first-order valence-corrected chi connectivity index (χ1v) is 6.13.